The minimum Gasteiger partial charge on any atom is -0.382 e. The minimum absolute atomic E-state index is 0.151. The molecule has 4 N–H and O–H groups in total. The van der Waals surface area contributed by atoms with Gasteiger partial charge >= 0.3 is 0 Å². The number of hydrogen-bond acceptors (Lipinski definition) is 4. The Hall–Kier alpha value is -2.04. The molecule has 0 fully saturated rings. The average molecular weight is 203 g/mol. The number of anilines is 2. The first-order chi connectivity index (χ1) is 7.27. The van der Waals surface area contributed by atoms with Crippen molar-refractivity contribution in [2.45, 2.75) is 13.0 Å². The van der Waals surface area contributed by atoms with Gasteiger partial charge in [0, 0.05) is 12.4 Å². The fourth-order valence-corrected chi connectivity index (χ4v) is 1.36. The lowest BCUT2D eigenvalue weighted by atomic mass is 10.1. The molecule has 5 heteroatoms. The van der Waals surface area contributed by atoms with E-state index in [1.807, 2.05) is 25.3 Å². The molecule has 1 atom stereocenters. The number of pyridine rings is 1. The third kappa shape index (κ3) is 2.07. The Labute approximate surface area is 87.7 Å². The maximum absolute atomic E-state index is 5.67. The average Bonchev–Trinajstić information content (AvgIpc) is 2.66. The standard InChI is InChI=1S/C10H13N5/c1-7(8-3-2-4-12-5-8)14-9-6-13-15-10(9)11/h2-7,14H,1H3,(H3,11,13,15). The lowest BCUT2D eigenvalue weighted by molar-refractivity contribution is 0.876. The largest absolute Gasteiger partial charge is 0.382 e. The quantitative estimate of drug-likeness (QED) is 0.707. The van der Waals surface area contributed by atoms with Crippen LogP contribution in [0.4, 0.5) is 11.5 Å². The molecule has 2 aromatic rings. The number of H-pyrrole nitrogens is 1. The first-order valence-corrected chi connectivity index (χ1v) is 4.72. The summed E-state index contributed by atoms with van der Waals surface area (Å²) in [5, 5.41) is 9.76. The molecule has 0 radical (unpaired) electrons. The van der Waals surface area contributed by atoms with Gasteiger partial charge in [-0.1, -0.05) is 6.07 Å². The number of aromatic nitrogens is 3. The van der Waals surface area contributed by atoms with Crippen molar-refractivity contribution in [2.24, 2.45) is 0 Å². The molecule has 2 rings (SSSR count). The van der Waals surface area contributed by atoms with Gasteiger partial charge in [-0.15, -0.1) is 0 Å². The van der Waals surface area contributed by atoms with Gasteiger partial charge in [0.2, 0.25) is 0 Å². The number of rotatable bonds is 3. The molecule has 0 amide bonds. The first-order valence-electron chi connectivity index (χ1n) is 4.72. The van der Waals surface area contributed by atoms with E-state index in [0.29, 0.717) is 5.82 Å². The van der Waals surface area contributed by atoms with Gasteiger partial charge in [-0.3, -0.25) is 10.1 Å². The summed E-state index contributed by atoms with van der Waals surface area (Å²) in [6, 6.07) is 4.08. The maximum atomic E-state index is 5.67. The van der Waals surface area contributed by atoms with Crippen LogP contribution in [0.5, 0.6) is 0 Å². The summed E-state index contributed by atoms with van der Waals surface area (Å²) in [6.07, 6.45) is 5.25. The Balaban J connectivity index is 2.11. The number of nitrogens with one attached hydrogen (secondary N) is 2. The summed E-state index contributed by atoms with van der Waals surface area (Å²) in [4.78, 5) is 4.06. The van der Waals surface area contributed by atoms with Crippen molar-refractivity contribution in [1.29, 1.82) is 0 Å². The van der Waals surface area contributed by atoms with E-state index >= 15 is 0 Å². The highest BCUT2D eigenvalue weighted by Crippen LogP contribution is 2.21. The molecule has 5 nitrogen and oxygen atoms in total. The Morgan fingerprint density at radius 3 is 2.93 bits per heavy atom. The van der Waals surface area contributed by atoms with E-state index in [-0.39, 0.29) is 6.04 Å². The van der Waals surface area contributed by atoms with Gasteiger partial charge in [-0.05, 0) is 18.6 Å². The third-order valence-electron chi connectivity index (χ3n) is 2.23. The highest BCUT2D eigenvalue weighted by molar-refractivity contribution is 5.60. The van der Waals surface area contributed by atoms with E-state index in [2.05, 4.69) is 20.5 Å². The molecule has 0 saturated heterocycles. The summed E-state index contributed by atoms with van der Waals surface area (Å²) in [5.74, 6) is 0.547. The predicted molar refractivity (Wildman–Crippen MR) is 59.3 cm³/mol. The monoisotopic (exact) mass is 203 g/mol. The van der Waals surface area contributed by atoms with Crippen LogP contribution in [0.2, 0.25) is 0 Å². The number of nitrogens with zero attached hydrogens (tertiary/aromatic N) is 2. The minimum atomic E-state index is 0.151. The van der Waals surface area contributed by atoms with E-state index in [0.717, 1.165) is 11.3 Å². The SMILES string of the molecule is CC(Nc1cn[nH]c1N)c1cccnc1. The molecular formula is C10H13N5. The van der Waals surface area contributed by atoms with Crippen LogP contribution in [0, 0.1) is 0 Å². The van der Waals surface area contributed by atoms with Crippen molar-refractivity contribution in [3.63, 3.8) is 0 Å². The fourth-order valence-electron chi connectivity index (χ4n) is 1.36. The molecule has 0 aromatic carbocycles. The summed E-state index contributed by atoms with van der Waals surface area (Å²) in [7, 11) is 0. The topological polar surface area (TPSA) is 79.6 Å². The summed E-state index contributed by atoms with van der Waals surface area (Å²) in [6.45, 7) is 2.05. The zero-order valence-corrected chi connectivity index (χ0v) is 8.44. The van der Waals surface area contributed by atoms with Gasteiger partial charge < -0.3 is 11.1 Å². The third-order valence-corrected chi connectivity index (χ3v) is 2.23. The van der Waals surface area contributed by atoms with Crippen LogP contribution in [0.15, 0.2) is 30.7 Å². The van der Waals surface area contributed by atoms with Gasteiger partial charge in [-0.25, -0.2) is 0 Å². The second-order valence-corrected chi connectivity index (χ2v) is 3.35. The van der Waals surface area contributed by atoms with Gasteiger partial charge in [0.1, 0.15) is 5.82 Å². The van der Waals surface area contributed by atoms with Crippen LogP contribution in [-0.2, 0) is 0 Å². The molecule has 0 bridgehead atoms. The Morgan fingerprint density at radius 2 is 2.33 bits per heavy atom. The van der Waals surface area contributed by atoms with E-state index < -0.39 is 0 Å². The van der Waals surface area contributed by atoms with E-state index in [4.69, 9.17) is 5.73 Å². The van der Waals surface area contributed by atoms with Crippen molar-refractivity contribution < 1.29 is 0 Å². The summed E-state index contributed by atoms with van der Waals surface area (Å²) >= 11 is 0. The highest BCUT2D eigenvalue weighted by Gasteiger charge is 2.07. The van der Waals surface area contributed by atoms with Gasteiger partial charge in [0.15, 0.2) is 0 Å². The number of nitrogens with two attached hydrogens (primary N) is 1. The highest BCUT2D eigenvalue weighted by atomic mass is 15.2. The van der Waals surface area contributed by atoms with E-state index in [1.54, 1.807) is 12.4 Å². The number of hydrogen-bond donors (Lipinski definition) is 3. The van der Waals surface area contributed by atoms with Crippen LogP contribution in [0.1, 0.15) is 18.5 Å². The molecule has 0 aliphatic carbocycles. The summed E-state index contributed by atoms with van der Waals surface area (Å²) in [5.41, 5.74) is 7.59. The van der Waals surface area contributed by atoms with E-state index in [9.17, 15) is 0 Å². The lowest BCUT2D eigenvalue weighted by Gasteiger charge is -2.13. The van der Waals surface area contributed by atoms with Crippen molar-refractivity contribution in [1.82, 2.24) is 15.2 Å². The maximum Gasteiger partial charge on any atom is 0.142 e. The van der Waals surface area contributed by atoms with Crippen LogP contribution < -0.4 is 11.1 Å². The van der Waals surface area contributed by atoms with Gasteiger partial charge in [-0.2, -0.15) is 5.10 Å². The molecular weight excluding hydrogens is 190 g/mol. The van der Waals surface area contributed by atoms with Crippen molar-refractivity contribution >= 4 is 11.5 Å². The Kier molecular flexibility index (Phi) is 2.53. The normalized spacial score (nSPS) is 12.3. The zero-order chi connectivity index (χ0) is 10.7. The Morgan fingerprint density at radius 1 is 1.47 bits per heavy atom. The second kappa shape index (κ2) is 4.00. The fraction of sp³-hybridized carbons (Fsp3) is 0.200. The smallest absolute Gasteiger partial charge is 0.142 e. The molecule has 1 unspecified atom stereocenters. The van der Waals surface area contributed by atoms with Gasteiger partial charge in [0.25, 0.3) is 0 Å². The van der Waals surface area contributed by atoms with E-state index in [1.165, 1.54) is 0 Å². The van der Waals surface area contributed by atoms with Crippen molar-refractivity contribution in [2.75, 3.05) is 11.1 Å². The molecule has 0 spiro atoms. The number of nitrogen functional groups attached to an aromatic ring is 1. The van der Waals surface area contributed by atoms with Gasteiger partial charge in [0.05, 0.1) is 17.9 Å². The molecule has 0 saturated carbocycles. The van der Waals surface area contributed by atoms with Crippen LogP contribution in [0.25, 0.3) is 0 Å². The van der Waals surface area contributed by atoms with Crippen molar-refractivity contribution in [3.8, 4) is 0 Å². The lowest BCUT2D eigenvalue weighted by Crippen LogP contribution is -2.07. The van der Waals surface area contributed by atoms with Crippen LogP contribution in [-0.4, -0.2) is 15.2 Å². The van der Waals surface area contributed by atoms with Crippen molar-refractivity contribution in [3.05, 3.63) is 36.3 Å². The number of aromatic amines is 1. The molecule has 2 heterocycles. The zero-order valence-electron chi connectivity index (χ0n) is 8.44. The molecule has 0 aliphatic rings. The molecule has 0 aliphatic heterocycles. The van der Waals surface area contributed by atoms with Crippen LogP contribution in [0.3, 0.4) is 0 Å². The Bertz CT molecular complexity index is 422. The molecule has 2 aromatic heterocycles. The molecule has 15 heavy (non-hydrogen) atoms. The van der Waals surface area contributed by atoms with Crippen LogP contribution >= 0.6 is 0 Å². The first kappa shape index (κ1) is 9.51. The molecule has 78 valence electrons. The second-order valence-electron chi connectivity index (χ2n) is 3.35. The predicted octanol–water partition coefficient (Wildman–Crippen LogP) is 1.56. The summed E-state index contributed by atoms with van der Waals surface area (Å²) < 4.78 is 0.